The summed E-state index contributed by atoms with van der Waals surface area (Å²) in [5.41, 5.74) is 3.03. The number of halogens is 6. The Labute approximate surface area is 286 Å². The quantitative estimate of drug-likeness (QED) is 0.158. The van der Waals surface area contributed by atoms with Gasteiger partial charge in [-0.05, 0) is 150 Å². The third-order valence-electron chi connectivity index (χ3n) is 4.47. The summed E-state index contributed by atoms with van der Waals surface area (Å²) in [6.45, 7) is 0. The number of phenolic OH excluding ortho intramolecular Hbond substituents is 2. The molecule has 0 aromatic heterocycles. The summed E-state index contributed by atoms with van der Waals surface area (Å²) in [6, 6.07) is 22.9. The van der Waals surface area contributed by atoms with Gasteiger partial charge >= 0.3 is 0 Å². The Kier molecular flexibility index (Phi) is 14.3. The first-order chi connectivity index (χ1) is 17.1. The zero-order valence-electron chi connectivity index (χ0n) is 18.5. The van der Waals surface area contributed by atoms with Crippen LogP contribution in [0.2, 0.25) is 0 Å². The van der Waals surface area contributed by atoms with E-state index in [1.165, 1.54) is 7.14 Å². The van der Waals surface area contributed by atoms with Crippen LogP contribution in [0.25, 0.3) is 0 Å². The summed E-state index contributed by atoms with van der Waals surface area (Å²) in [4.78, 5) is 8.66. The normalized spacial score (nSPS) is 10.8. The molecule has 0 amide bonds. The third kappa shape index (κ3) is 10.7. The summed E-state index contributed by atoms with van der Waals surface area (Å²) < 4.78 is 5.38. The van der Waals surface area contributed by atoms with Gasteiger partial charge in [-0.1, -0.05) is 31.9 Å². The summed E-state index contributed by atoms with van der Waals surface area (Å²) in [7, 11) is 0. The largest absolute Gasteiger partial charge is 0.506 e. The van der Waals surface area contributed by atoms with Gasteiger partial charge in [0.2, 0.25) is 0 Å². The van der Waals surface area contributed by atoms with E-state index in [1.807, 2.05) is 60.7 Å². The molecule has 11 heteroatoms. The molecule has 0 unspecified atom stereocenters. The Balaban J connectivity index is 0.000000253. The van der Waals surface area contributed by atoms with Gasteiger partial charge in [-0.15, -0.1) is 0 Å². The average Bonchev–Trinajstić information content (AvgIpc) is 2.84. The monoisotopic (exact) mass is 1020 g/mol. The fourth-order valence-electron chi connectivity index (χ4n) is 2.71. The molecule has 0 saturated carbocycles. The van der Waals surface area contributed by atoms with Crippen LogP contribution in [-0.4, -0.2) is 22.6 Å². The van der Waals surface area contributed by atoms with E-state index in [9.17, 15) is 10.2 Å². The molecule has 0 aliphatic rings. The van der Waals surface area contributed by atoms with Gasteiger partial charge in [-0.25, -0.2) is 0 Å². The summed E-state index contributed by atoms with van der Waals surface area (Å²) in [5.74, 6) is 0.375. The number of phenols is 2. The van der Waals surface area contributed by atoms with Gasteiger partial charge in [0.25, 0.3) is 0 Å². The SMILES string of the molecule is Oc1c(Br)cc(Br)cc1C=Nc1ccc(I)cc1.Oc1c(Br)cc(Br)cc1C=Nc1ccc(I)cc1.[Co]. The van der Waals surface area contributed by atoms with Gasteiger partial charge in [0.15, 0.2) is 0 Å². The van der Waals surface area contributed by atoms with Crippen molar-refractivity contribution < 1.29 is 27.0 Å². The van der Waals surface area contributed by atoms with Gasteiger partial charge in [-0.2, -0.15) is 0 Å². The van der Waals surface area contributed by atoms with Gasteiger partial charge < -0.3 is 10.2 Å². The fourth-order valence-corrected chi connectivity index (χ4v) is 5.95. The zero-order valence-corrected chi connectivity index (χ0v) is 30.2. The maximum atomic E-state index is 9.88. The summed E-state index contributed by atoms with van der Waals surface area (Å²) in [5, 5.41) is 19.8. The van der Waals surface area contributed by atoms with Gasteiger partial charge in [-0.3, -0.25) is 9.98 Å². The third-order valence-corrected chi connectivity index (χ3v) is 8.04. The van der Waals surface area contributed by atoms with Crippen molar-refractivity contribution in [2.24, 2.45) is 9.98 Å². The molecule has 37 heavy (non-hydrogen) atoms. The average molecular weight is 1020 g/mol. The Morgan fingerprint density at radius 2 is 0.892 bits per heavy atom. The predicted octanol–water partition coefficient (Wildman–Crippen LogP) is 10.5. The number of aromatic hydroxyl groups is 2. The van der Waals surface area contributed by atoms with E-state index >= 15 is 0 Å². The van der Waals surface area contributed by atoms with E-state index in [0.29, 0.717) is 20.1 Å². The van der Waals surface area contributed by atoms with Crippen molar-refractivity contribution in [2.75, 3.05) is 0 Å². The molecule has 2 N–H and O–H groups in total. The number of benzene rings is 4. The predicted molar refractivity (Wildman–Crippen MR) is 180 cm³/mol. The Bertz CT molecular complexity index is 1310. The van der Waals surface area contributed by atoms with Crippen LogP contribution in [0.5, 0.6) is 11.5 Å². The molecule has 0 spiro atoms. The van der Waals surface area contributed by atoms with E-state index in [1.54, 1.807) is 24.6 Å². The number of nitrogens with zero attached hydrogens (tertiary/aromatic N) is 2. The van der Waals surface area contributed by atoms with E-state index in [2.05, 4.69) is 119 Å². The number of aliphatic imine (C=N–C) groups is 2. The second-order valence-electron chi connectivity index (χ2n) is 7.12. The molecule has 1 radical (unpaired) electrons. The topological polar surface area (TPSA) is 65.2 Å². The molecule has 0 heterocycles. The molecule has 0 bridgehead atoms. The Morgan fingerprint density at radius 1 is 0.568 bits per heavy atom. The van der Waals surface area contributed by atoms with Gasteiger partial charge in [0, 0.05) is 56.4 Å². The standard InChI is InChI=1S/2C13H8Br2INO.Co/c2*14-9-5-8(13(18)12(15)6-9)7-17-11-3-1-10(16)2-4-11;/h2*1-7,18H;. The second-order valence-corrected chi connectivity index (χ2v) is 13.2. The minimum Gasteiger partial charge on any atom is -0.506 e. The van der Waals surface area contributed by atoms with Crippen molar-refractivity contribution in [1.82, 2.24) is 0 Å². The molecule has 0 aliphatic carbocycles. The minimum atomic E-state index is 0. The van der Waals surface area contributed by atoms with Crippen LogP contribution in [-0.2, 0) is 16.8 Å². The van der Waals surface area contributed by atoms with Crippen molar-refractivity contribution >= 4 is 133 Å². The van der Waals surface area contributed by atoms with Crippen molar-refractivity contribution in [3.8, 4) is 11.5 Å². The first-order valence-corrected chi connectivity index (χ1v) is 15.4. The maximum Gasteiger partial charge on any atom is 0.138 e. The molecule has 0 saturated heterocycles. The van der Waals surface area contributed by atoms with E-state index in [0.717, 1.165) is 20.3 Å². The molecule has 193 valence electrons. The van der Waals surface area contributed by atoms with Crippen LogP contribution < -0.4 is 0 Å². The molecule has 4 aromatic carbocycles. The first kappa shape index (κ1) is 32.9. The Morgan fingerprint density at radius 3 is 1.22 bits per heavy atom. The van der Waals surface area contributed by atoms with Gasteiger partial charge in [0.05, 0.1) is 20.3 Å². The van der Waals surface area contributed by atoms with Crippen LogP contribution >= 0.6 is 109 Å². The van der Waals surface area contributed by atoms with Crippen LogP contribution in [0.3, 0.4) is 0 Å². The molecular weight excluding hydrogens is 1000 g/mol. The number of hydrogen-bond acceptors (Lipinski definition) is 4. The van der Waals surface area contributed by atoms with Crippen molar-refractivity contribution in [3.63, 3.8) is 0 Å². The van der Waals surface area contributed by atoms with Crippen LogP contribution in [0.4, 0.5) is 11.4 Å². The smallest absolute Gasteiger partial charge is 0.138 e. The molecule has 0 atom stereocenters. The minimum absolute atomic E-state index is 0. The van der Waals surface area contributed by atoms with E-state index in [4.69, 9.17) is 0 Å². The van der Waals surface area contributed by atoms with Crippen molar-refractivity contribution in [2.45, 2.75) is 0 Å². The van der Waals surface area contributed by atoms with Crippen LogP contribution in [0, 0.1) is 7.14 Å². The Hall–Kier alpha value is -0.294. The number of rotatable bonds is 4. The molecule has 4 aromatic rings. The van der Waals surface area contributed by atoms with E-state index in [-0.39, 0.29) is 28.3 Å². The first-order valence-electron chi connectivity index (χ1n) is 10.1. The zero-order chi connectivity index (χ0) is 26.2. The number of hydrogen-bond donors (Lipinski definition) is 2. The second kappa shape index (κ2) is 16.1. The molecule has 0 aliphatic heterocycles. The maximum absolute atomic E-state index is 9.88. The van der Waals surface area contributed by atoms with E-state index < -0.39 is 0 Å². The van der Waals surface area contributed by atoms with Crippen LogP contribution in [0.1, 0.15) is 11.1 Å². The fraction of sp³-hybridized carbons (Fsp3) is 0. The summed E-state index contributed by atoms with van der Waals surface area (Å²) in [6.07, 6.45) is 3.29. The van der Waals surface area contributed by atoms with Gasteiger partial charge in [0.1, 0.15) is 11.5 Å². The van der Waals surface area contributed by atoms with Crippen molar-refractivity contribution in [1.29, 1.82) is 0 Å². The summed E-state index contributed by atoms with van der Waals surface area (Å²) >= 11 is 17.8. The molecule has 0 fully saturated rings. The van der Waals surface area contributed by atoms with Crippen LogP contribution in [0.15, 0.2) is 101 Å². The molecular formula is C26H16Br4CoI2N2O2. The molecule has 4 nitrogen and oxygen atoms in total. The molecule has 4 rings (SSSR count). The van der Waals surface area contributed by atoms with Crippen molar-refractivity contribution in [3.05, 3.63) is 109 Å².